The molecule has 0 atom stereocenters. The summed E-state index contributed by atoms with van der Waals surface area (Å²) in [5.41, 5.74) is 1.25. The van der Waals surface area contributed by atoms with Gasteiger partial charge in [-0.3, -0.25) is 4.79 Å². The van der Waals surface area contributed by atoms with Crippen LogP contribution in [0.3, 0.4) is 0 Å². The number of aryl methyl sites for hydroxylation is 1. The van der Waals surface area contributed by atoms with Crippen molar-refractivity contribution < 1.29 is 19.4 Å². The Hall–Kier alpha value is -3.03. The number of nitrogens with zero attached hydrogens (tertiary/aromatic N) is 4. The Labute approximate surface area is 125 Å². The maximum absolute atomic E-state index is 11.8. The maximum atomic E-state index is 11.8. The fraction of sp³-hybridized carbons (Fsp3) is 0.214. The Kier molecular flexibility index (Phi) is 3.21. The molecule has 1 N–H and O–H groups in total. The van der Waals surface area contributed by atoms with Crippen LogP contribution in [0.2, 0.25) is 0 Å². The quantitative estimate of drug-likeness (QED) is 0.822. The third-order valence-corrected chi connectivity index (χ3v) is 3.38. The number of ether oxygens (including phenoxy) is 1. The van der Waals surface area contributed by atoms with Crippen molar-refractivity contribution in [1.82, 2.24) is 19.7 Å². The van der Waals surface area contributed by atoms with Crippen LogP contribution in [0.25, 0.3) is 11.4 Å². The number of hydrogen-bond acceptors (Lipinski definition) is 6. The van der Waals surface area contributed by atoms with Gasteiger partial charge in [0, 0.05) is 16.7 Å². The minimum atomic E-state index is -1.50. The molecule has 0 saturated heterocycles. The number of pyridine rings is 1. The minimum absolute atomic E-state index is 0.111. The molecule has 0 spiro atoms. The number of aliphatic carboxylic acids is 1. The first-order valence-electron chi connectivity index (χ1n) is 6.45. The van der Waals surface area contributed by atoms with Gasteiger partial charge in [0.05, 0.1) is 13.3 Å². The Bertz CT molecular complexity index is 822. The minimum Gasteiger partial charge on any atom is -0.494 e. The number of hydrogen-bond donors (Lipinski definition) is 1. The summed E-state index contributed by atoms with van der Waals surface area (Å²) < 4.78 is 6.72. The number of allylic oxidation sites excluding steroid dienone is 1. The van der Waals surface area contributed by atoms with Gasteiger partial charge in [0.1, 0.15) is 17.9 Å². The van der Waals surface area contributed by atoms with E-state index >= 15 is 0 Å². The number of ketones is 1. The molecule has 0 aromatic carbocycles. The van der Waals surface area contributed by atoms with Gasteiger partial charge in [-0.1, -0.05) is 6.08 Å². The summed E-state index contributed by atoms with van der Waals surface area (Å²) in [5, 5.41) is 13.1. The second-order valence-corrected chi connectivity index (χ2v) is 4.70. The number of methoxy groups -OCH3 is 1. The predicted octanol–water partition coefficient (Wildman–Crippen LogP) is 0.573. The molecule has 0 amide bonds. The molecular formula is C14H12N4O4. The lowest BCUT2D eigenvalue weighted by Gasteiger charge is -2.12. The molecule has 2 heterocycles. The van der Waals surface area contributed by atoms with Crippen molar-refractivity contribution in [3.05, 3.63) is 35.6 Å². The van der Waals surface area contributed by atoms with Crippen LogP contribution >= 0.6 is 0 Å². The molecule has 0 fully saturated rings. The van der Waals surface area contributed by atoms with Gasteiger partial charge in [-0.05, 0) is 13.3 Å². The van der Waals surface area contributed by atoms with Crippen LogP contribution in [0.15, 0.2) is 18.6 Å². The number of carboxylic acids is 1. The molecule has 0 saturated carbocycles. The molecule has 8 nitrogen and oxygen atoms in total. The van der Waals surface area contributed by atoms with Crippen LogP contribution in [0.5, 0.6) is 5.75 Å². The summed E-state index contributed by atoms with van der Waals surface area (Å²) in [6.07, 6.45) is 4.90. The van der Waals surface area contributed by atoms with E-state index in [1.54, 1.807) is 13.0 Å². The van der Waals surface area contributed by atoms with E-state index in [1.165, 1.54) is 24.3 Å². The highest BCUT2D eigenvalue weighted by Crippen LogP contribution is 2.37. The van der Waals surface area contributed by atoms with Crippen LogP contribution in [0, 0.1) is 6.92 Å². The molecule has 2 aromatic heterocycles. The van der Waals surface area contributed by atoms with E-state index in [1.807, 2.05) is 0 Å². The largest absolute Gasteiger partial charge is 0.494 e. The van der Waals surface area contributed by atoms with Gasteiger partial charge >= 0.3 is 5.97 Å². The standard InChI is InChI=1S/C14H12N4O4/c1-7-16-6-18(17-7)13-9-4-3-8(12(19)14(20)21)11(9)10(22-2)5-15-13/h3,5-6H,4H2,1-2H3,(H,20,21). The predicted molar refractivity (Wildman–Crippen MR) is 74.8 cm³/mol. The molecule has 2 aromatic rings. The summed E-state index contributed by atoms with van der Waals surface area (Å²) in [7, 11) is 1.44. The number of fused-ring (bicyclic) bond motifs is 1. The Morgan fingerprint density at radius 2 is 2.14 bits per heavy atom. The molecule has 8 heteroatoms. The van der Waals surface area contributed by atoms with Gasteiger partial charge in [-0.15, -0.1) is 0 Å². The molecular weight excluding hydrogens is 288 g/mol. The number of Topliss-reactive ketones (excluding diaryl/α,β-unsaturated/α-hetero) is 1. The smallest absolute Gasteiger partial charge is 0.377 e. The SMILES string of the molecule is COc1cnc(-n2cnc(C)n2)c2c1C(C(=O)C(=O)O)=CC2. The van der Waals surface area contributed by atoms with Gasteiger partial charge in [0.15, 0.2) is 5.82 Å². The van der Waals surface area contributed by atoms with Crippen LogP contribution < -0.4 is 4.74 Å². The summed E-state index contributed by atoms with van der Waals surface area (Å²) in [6.45, 7) is 1.75. The van der Waals surface area contributed by atoms with Crippen LogP contribution in [-0.4, -0.2) is 43.7 Å². The monoisotopic (exact) mass is 300 g/mol. The van der Waals surface area contributed by atoms with E-state index in [0.29, 0.717) is 34.9 Å². The maximum Gasteiger partial charge on any atom is 0.377 e. The van der Waals surface area contributed by atoms with Crippen molar-refractivity contribution >= 4 is 17.3 Å². The first-order chi connectivity index (χ1) is 10.5. The molecule has 22 heavy (non-hydrogen) atoms. The number of aromatic nitrogens is 4. The van der Waals surface area contributed by atoms with E-state index in [2.05, 4.69) is 15.1 Å². The molecule has 112 valence electrons. The third kappa shape index (κ3) is 2.05. The van der Waals surface area contributed by atoms with E-state index in [4.69, 9.17) is 9.84 Å². The highest BCUT2D eigenvalue weighted by molar-refractivity contribution is 6.51. The van der Waals surface area contributed by atoms with E-state index in [0.717, 1.165) is 0 Å². The van der Waals surface area contributed by atoms with Crippen molar-refractivity contribution in [2.45, 2.75) is 13.3 Å². The van der Waals surface area contributed by atoms with Gasteiger partial charge in [0.2, 0.25) is 0 Å². The van der Waals surface area contributed by atoms with Crippen LogP contribution in [-0.2, 0) is 16.0 Å². The zero-order valence-electron chi connectivity index (χ0n) is 11.9. The summed E-state index contributed by atoms with van der Waals surface area (Å²) in [4.78, 5) is 31.2. The zero-order valence-corrected chi connectivity index (χ0v) is 11.9. The van der Waals surface area contributed by atoms with E-state index in [9.17, 15) is 9.59 Å². The van der Waals surface area contributed by atoms with Crippen LogP contribution in [0.1, 0.15) is 17.0 Å². The molecule has 0 bridgehead atoms. The van der Waals surface area contributed by atoms with Gasteiger partial charge in [-0.25, -0.2) is 19.4 Å². The number of carbonyl (C=O) groups is 2. The summed E-state index contributed by atoms with van der Waals surface area (Å²) >= 11 is 0. The highest BCUT2D eigenvalue weighted by atomic mass is 16.5. The van der Waals surface area contributed by atoms with Crippen molar-refractivity contribution in [3.8, 4) is 11.6 Å². The second-order valence-electron chi connectivity index (χ2n) is 4.70. The van der Waals surface area contributed by atoms with E-state index < -0.39 is 11.8 Å². The second kappa shape index (κ2) is 5.06. The fourth-order valence-corrected chi connectivity index (χ4v) is 2.44. The van der Waals surface area contributed by atoms with Crippen molar-refractivity contribution in [1.29, 1.82) is 0 Å². The molecule has 0 unspecified atom stereocenters. The summed E-state index contributed by atoms with van der Waals surface area (Å²) in [5.74, 6) is -1.03. The Balaban J connectivity index is 2.18. The molecule has 1 aliphatic rings. The Morgan fingerprint density at radius 1 is 1.36 bits per heavy atom. The number of carbonyl (C=O) groups excluding carboxylic acids is 1. The lowest BCUT2D eigenvalue weighted by molar-refractivity contribution is -0.146. The molecule has 0 aliphatic heterocycles. The van der Waals surface area contributed by atoms with Gasteiger partial charge in [0.25, 0.3) is 5.78 Å². The van der Waals surface area contributed by atoms with E-state index in [-0.39, 0.29) is 5.57 Å². The summed E-state index contributed by atoms with van der Waals surface area (Å²) in [6, 6.07) is 0. The fourth-order valence-electron chi connectivity index (χ4n) is 2.44. The molecule has 3 rings (SSSR count). The van der Waals surface area contributed by atoms with Crippen molar-refractivity contribution in [2.75, 3.05) is 7.11 Å². The molecule has 0 radical (unpaired) electrons. The number of rotatable bonds is 4. The van der Waals surface area contributed by atoms with Gasteiger partial charge in [-0.2, -0.15) is 5.10 Å². The van der Waals surface area contributed by atoms with Gasteiger partial charge < -0.3 is 9.84 Å². The zero-order chi connectivity index (χ0) is 15.9. The lowest BCUT2D eigenvalue weighted by Crippen LogP contribution is -2.14. The normalized spacial score (nSPS) is 12.7. The first kappa shape index (κ1) is 13.9. The highest BCUT2D eigenvalue weighted by Gasteiger charge is 2.31. The topological polar surface area (TPSA) is 107 Å². The van der Waals surface area contributed by atoms with Crippen molar-refractivity contribution in [2.24, 2.45) is 0 Å². The average Bonchev–Trinajstić information content (AvgIpc) is 3.12. The van der Waals surface area contributed by atoms with Crippen LogP contribution in [0.4, 0.5) is 0 Å². The lowest BCUT2D eigenvalue weighted by atomic mass is 10.0. The average molecular weight is 300 g/mol. The first-order valence-corrected chi connectivity index (χ1v) is 6.45. The Morgan fingerprint density at radius 3 is 2.73 bits per heavy atom. The number of carboxylic acid groups (broad SMARTS) is 1. The molecule has 1 aliphatic carbocycles. The van der Waals surface area contributed by atoms with Crippen molar-refractivity contribution in [3.63, 3.8) is 0 Å². The third-order valence-electron chi connectivity index (χ3n) is 3.38.